The van der Waals surface area contributed by atoms with Crippen molar-refractivity contribution in [3.8, 4) is 11.5 Å². The van der Waals surface area contributed by atoms with E-state index in [1.165, 1.54) is 9.80 Å². The second kappa shape index (κ2) is 25.1. The average Bonchev–Trinajstić information content (AvgIpc) is 3.22. The van der Waals surface area contributed by atoms with Crippen LogP contribution in [0.1, 0.15) is 124 Å². The van der Waals surface area contributed by atoms with Crippen molar-refractivity contribution in [1.29, 1.82) is 0 Å². The summed E-state index contributed by atoms with van der Waals surface area (Å²) in [6, 6.07) is 21.8. The number of benzene rings is 4. The smallest absolute Gasteiger partial charge is 0.255 e. The summed E-state index contributed by atoms with van der Waals surface area (Å²) in [5.41, 5.74) is 5.46. The Morgan fingerprint density at radius 3 is 1.29 bits per heavy atom. The Balaban J connectivity index is 0.000000574. The molecule has 338 valence electrons. The highest BCUT2D eigenvalue weighted by atomic mass is 31.1. The molecule has 0 unspecified atom stereocenters. The third-order valence-electron chi connectivity index (χ3n) is 10.1. The summed E-state index contributed by atoms with van der Waals surface area (Å²) >= 11 is 0. The van der Waals surface area contributed by atoms with Crippen molar-refractivity contribution in [2.24, 2.45) is 0 Å². The van der Waals surface area contributed by atoms with Gasteiger partial charge in [0.2, 0.25) is 0 Å². The Morgan fingerprint density at radius 2 is 0.984 bits per heavy atom. The van der Waals surface area contributed by atoms with Gasteiger partial charge < -0.3 is 29.2 Å². The first-order chi connectivity index (χ1) is 28.7. The third-order valence-corrected chi connectivity index (χ3v) is 10.1. The topological polar surface area (TPSA) is 131 Å². The molecule has 0 bridgehead atoms. The lowest BCUT2D eigenvalue weighted by Crippen LogP contribution is -2.52. The van der Waals surface area contributed by atoms with E-state index in [9.17, 15) is 29.1 Å². The monoisotopic (exact) mass is 870 g/mol. The number of aliphatic hydroxyl groups is 1. The van der Waals surface area contributed by atoms with Gasteiger partial charge in [-0.15, -0.1) is 8.58 Å². The summed E-state index contributed by atoms with van der Waals surface area (Å²) in [4.78, 5) is 67.6. The van der Waals surface area contributed by atoms with Gasteiger partial charge in [-0.25, -0.2) is 0 Å². The second-order valence-electron chi connectivity index (χ2n) is 16.3. The van der Waals surface area contributed by atoms with E-state index in [0.717, 1.165) is 42.0 Å². The van der Waals surface area contributed by atoms with Crippen LogP contribution in [-0.4, -0.2) is 103 Å². The maximum absolute atomic E-state index is 13.3. The minimum Gasteiger partial charge on any atom is -0.496 e. The second-order valence-corrected chi connectivity index (χ2v) is 17.3. The highest BCUT2D eigenvalue weighted by molar-refractivity contribution is 7.35. The van der Waals surface area contributed by atoms with Gasteiger partial charge in [0.05, 0.1) is 45.0 Å². The molecular formula is C51H71N2O8P. The lowest BCUT2D eigenvalue weighted by Gasteiger charge is -2.37. The van der Waals surface area contributed by atoms with Gasteiger partial charge in [0, 0.05) is 33.4 Å². The van der Waals surface area contributed by atoms with E-state index >= 15 is 0 Å². The molecule has 0 atom stereocenters. The van der Waals surface area contributed by atoms with Crippen LogP contribution < -0.4 is 9.47 Å². The number of amides is 2. The standard InChI is InChI=1S/C24H31NO4.C24H29NO4.C2H7P.CH4/c2*1-7-19-20(9-8-10-22(19)29-6)21(27)14-25(24(4,5)15-26)23(28)18-12-16(2)11-17(3)13-18;1-3-2;/h8-13,26H,7,14-15H2,1-6H3;8-13,15H,7,14H2,1-6H3;3H,1-2H3;1H4. The zero-order valence-corrected chi connectivity index (χ0v) is 39.7. The summed E-state index contributed by atoms with van der Waals surface area (Å²) < 4.78 is 10.8. The number of aliphatic hydroxyl groups excluding tert-OH is 1. The minimum atomic E-state index is -1.13. The van der Waals surface area contributed by atoms with E-state index in [2.05, 4.69) is 13.3 Å². The van der Waals surface area contributed by atoms with Crippen LogP contribution in [-0.2, 0) is 17.6 Å². The van der Waals surface area contributed by atoms with Crippen molar-refractivity contribution in [1.82, 2.24) is 9.80 Å². The molecule has 4 aromatic carbocycles. The van der Waals surface area contributed by atoms with Crippen molar-refractivity contribution >= 4 is 38.2 Å². The lowest BCUT2D eigenvalue weighted by atomic mass is 9.96. The SMILES string of the molecule is C.CCc1c(OC)cccc1C(=O)CN(C(=O)c1cc(C)cc(C)c1)C(C)(C)C=O.CCc1c(OC)cccc1C(=O)CN(C(=O)c1cc(C)cc(C)c1)C(C)(C)CO.CPC. The zero-order chi connectivity index (χ0) is 46.2. The van der Waals surface area contributed by atoms with Gasteiger partial charge in [0.1, 0.15) is 17.8 Å². The largest absolute Gasteiger partial charge is 0.496 e. The molecule has 10 nitrogen and oxygen atoms in total. The van der Waals surface area contributed by atoms with E-state index in [1.807, 2.05) is 77.9 Å². The maximum Gasteiger partial charge on any atom is 0.255 e. The first kappa shape index (κ1) is 54.8. The molecule has 0 aromatic heterocycles. The molecule has 4 aromatic rings. The predicted octanol–water partition coefficient (Wildman–Crippen LogP) is 9.71. The van der Waals surface area contributed by atoms with Crippen LogP contribution in [0.15, 0.2) is 72.8 Å². The zero-order valence-electron chi connectivity index (χ0n) is 38.7. The first-order valence-electron chi connectivity index (χ1n) is 20.5. The molecule has 2 amide bonds. The number of ketones is 2. The number of hydrogen-bond acceptors (Lipinski definition) is 8. The number of hydrogen-bond donors (Lipinski definition) is 1. The molecule has 0 radical (unpaired) electrons. The Hall–Kier alpha value is -5.18. The van der Waals surface area contributed by atoms with Crippen LogP contribution in [0, 0.1) is 27.7 Å². The summed E-state index contributed by atoms with van der Waals surface area (Å²) in [6.45, 7) is 22.1. The predicted molar refractivity (Wildman–Crippen MR) is 256 cm³/mol. The molecule has 0 spiro atoms. The molecular weight excluding hydrogens is 800 g/mol. The number of aldehydes is 1. The number of carbonyl (C=O) groups is 5. The third kappa shape index (κ3) is 14.5. The molecule has 62 heavy (non-hydrogen) atoms. The number of rotatable bonds is 16. The van der Waals surface area contributed by atoms with E-state index in [1.54, 1.807) is 78.3 Å². The van der Waals surface area contributed by atoms with Crippen molar-refractivity contribution in [3.63, 3.8) is 0 Å². The Kier molecular flexibility index (Phi) is 22.2. The molecule has 1 N–H and O–H groups in total. The van der Waals surface area contributed by atoms with Crippen LogP contribution in [0.3, 0.4) is 0 Å². The van der Waals surface area contributed by atoms with Gasteiger partial charge in [0.25, 0.3) is 11.8 Å². The molecule has 0 aliphatic rings. The van der Waals surface area contributed by atoms with Gasteiger partial charge in [-0.2, -0.15) is 0 Å². The van der Waals surface area contributed by atoms with Crippen LogP contribution in [0.2, 0.25) is 0 Å². The minimum absolute atomic E-state index is 0. The Morgan fingerprint density at radius 1 is 0.645 bits per heavy atom. The number of aryl methyl sites for hydroxylation is 4. The van der Waals surface area contributed by atoms with Crippen molar-refractivity contribution in [2.75, 3.05) is 47.2 Å². The molecule has 0 saturated heterocycles. The fraction of sp³-hybridized carbons (Fsp3) is 0.431. The van der Waals surface area contributed by atoms with E-state index in [-0.39, 0.29) is 50.5 Å². The summed E-state index contributed by atoms with van der Waals surface area (Å²) in [7, 11) is 4.22. The number of carbonyl (C=O) groups excluding carboxylic acids is 5. The van der Waals surface area contributed by atoms with E-state index in [4.69, 9.17) is 9.47 Å². The van der Waals surface area contributed by atoms with Crippen LogP contribution in [0.5, 0.6) is 11.5 Å². The average molecular weight is 871 g/mol. The van der Waals surface area contributed by atoms with Crippen LogP contribution >= 0.6 is 8.58 Å². The normalized spacial score (nSPS) is 10.8. The van der Waals surface area contributed by atoms with Crippen molar-refractivity contribution < 1.29 is 38.6 Å². The molecule has 0 fully saturated rings. The molecule has 4 rings (SSSR count). The van der Waals surface area contributed by atoms with Crippen LogP contribution in [0.4, 0.5) is 0 Å². The summed E-state index contributed by atoms with van der Waals surface area (Å²) in [5.74, 6) is 0.272. The fourth-order valence-corrected chi connectivity index (χ4v) is 6.98. The molecule has 0 aliphatic heterocycles. The Labute approximate surface area is 373 Å². The number of Topliss-reactive ketones (excluding diaryl/α,β-unsaturated/α-hetero) is 2. The maximum atomic E-state index is 13.3. The van der Waals surface area contributed by atoms with Crippen LogP contribution in [0.25, 0.3) is 0 Å². The Bertz CT molecular complexity index is 2120. The van der Waals surface area contributed by atoms with Crippen molar-refractivity contribution in [2.45, 2.75) is 101 Å². The van der Waals surface area contributed by atoms with E-state index < -0.39 is 11.1 Å². The van der Waals surface area contributed by atoms with Gasteiger partial charge in [0.15, 0.2) is 11.6 Å². The van der Waals surface area contributed by atoms with Gasteiger partial charge >= 0.3 is 0 Å². The number of methoxy groups -OCH3 is 2. The van der Waals surface area contributed by atoms with Gasteiger partial charge in [-0.1, -0.05) is 79.9 Å². The number of nitrogens with zero attached hydrogens (tertiary/aromatic N) is 2. The van der Waals surface area contributed by atoms with Crippen molar-refractivity contribution in [3.05, 3.63) is 128 Å². The fourth-order valence-electron chi connectivity index (χ4n) is 6.98. The first-order valence-corrected chi connectivity index (χ1v) is 22.5. The molecule has 0 aliphatic carbocycles. The van der Waals surface area contributed by atoms with Gasteiger partial charge in [-0.05, 0) is 118 Å². The number of ether oxygens (including phenoxy) is 2. The summed E-state index contributed by atoms with van der Waals surface area (Å²) in [6.07, 6.45) is 1.96. The van der Waals surface area contributed by atoms with E-state index in [0.29, 0.717) is 52.9 Å². The molecule has 0 heterocycles. The summed E-state index contributed by atoms with van der Waals surface area (Å²) in [5, 5.41) is 9.91. The highest BCUT2D eigenvalue weighted by Gasteiger charge is 2.35. The lowest BCUT2D eigenvalue weighted by molar-refractivity contribution is -0.115. The molecule has 11 heteroatoms. The van der Waals surface area contributed by atoms with Gasteiger partial charge in [-0.3, -0.25) is 19.2 Å². The highest BCUT2D eigenvalue weighted by Crippen LogP contribution is 2.27. The quantitative estimate of drug-likeness (QED) is 0.0670. The molecule has 0 saturated carbocycles.